The van der Waals surface area contributed by atoms with Crippen LogP contribution < -0.4 is 11.1 Å². The van der Waals surface area contributed by atoms with E-state index in [1.54, 1.807) is 12.1 Å². The number of aryl methyl sites for hydroxylation is 1. The second-order valence-corrected chi connectivity index (χ2v) is 6.82. The van der Waals surface area contributed by atoms with Crippen LogP contribution in [0.25, 0.3) is 0 Å². The van der Waals surface area contributed by atoms with E-state index in [1.807, 2.05) is 13.8 Å². The molecule has 6 nitrogen and oxygen atoms in total. The molecule has 0 atom stereocenters. The SMILES string of the molecule is CCc1cc(N)c(CC)c(S(=O)(=O)N(C)CC(=O)NC)c1. The molecule has 1 aromatic carbocycles. The number of nitrogen functional groups attached to an aromatic ring is 1. The Bertz CT molecular complexity index is 627. The summed E-state index contributed by atoms with van der Waals surface area (Å²) >= 11 is 0. The maximum Gasteiger partial charge on any atom is 0.243 e. The molecule has 0 fully saturated rings. The van der Waals surface area contributed by atoms with Gasteiger partial charge in [0, 0.05) is 19.8 Å². The first kappa shape index (κ1) is 17.5. The van der Waals surface area contributed by atoms with Crippen LogP contribution in [-0.4, -0.2) is 39.3 Å². The Morgan fingerprint density at radius 2 is 1.90 bits per heavy atom. The molecule has 0 bridgehead atoms. The molecule has 1 amide bonds. The summed E-state index contributed by atoms with van der Waals surface area (Å²) in [7, 11) is -0.894. The molecule has 0 aliphatic heterocycles. The quantitative estimate of drug-likeness (QED) is 0.758. The average Bonchev–Trinajstić information content (AvgIpc) is 2.45. The molecule has 0 aliphatic carbocycles. The fourth-order valence-electron chi connectivity index (χ4n) is 2.07. The molecule has 21 heavy (non-hydrogen) atoms. The smallest absolute Gasteiger partial charge is 0.243 e. The summed E-state index contributed by atoms with van der Waals surface area (Å²) in [5.41, 5.74) is 7.90. The minimum absolute atomic E-state index is 0.188. The van der Waals surface area contributed by atoms with E-state index < -0.39 is 10.0 Å². The third-order valence-corrected chi connectivity index (χ3v) is 5.27. The molecule has 7 heteroatoms. The number of sulfonamides is 1. The number of anilines is 1. The maximum atomic E-state index is 12.7. The number of likely N-dealkylation sites (N-methyl/N-ethyl adjacent to an activating group) is 2. The Labute approximate surface area is 126 Å². The van der Waals surface area contributed by atoms with Crippen molar-refractivity contribution in [1.82, 2.24) is 9.62 Å². The second kappa shape index (κ2) is 6.91. The number of carbonyl (C=O) groups excluding carboxylic acids is 1. The highest BCUT2D eigenvalue weighted by atomic mass is 32.2. The fraction of sp³-hybridized carbons (Fsp3) is 0.500. The summed E-state index contributed by atoms with van der Waals surface area (Å²) < 4.78 is 26.4. The summed E-state index contributed by atoms with van der Waals surface area (Å²) in [5.74, 6) is -0.362. The molecule has 3 N–H and O–H groups in total. The van der Waals surface area contributed by atoms with E-state index in [0.717, 1.165) is 9.87 Å². The number of rotatable bonds is 6. The zero-order valence-corrected chi connectivity index (χ0v) is 13.8. The first-order valence-electron chi connectivity index (χ1n) is 6.86. The van der Waals surface area contributed by atoms with Crippen molar-refractivity contribution < 1.29 is 13.2 Å². The summed E-state index contributed by atoms with van der Waals surface area (Å²) in [4.78, 5) is 11.6. The average molecular weight is 313 g/mol. The molecule has 0 aliphatic rings. The standard InChI is InChI=1S/C14H23N3O3S/c1-5-10-7-12(15)11(6-2)13(8-10)21(19,20)17(4)9-14(18)16-3/h7-8H,5-6,9,15H2,1-4H3,(H,16,18). The Hall–Kier alpha value is -1.60. The fourth-order valence-corrected chi connectivity index (χ4v) is 3.57. The lowest BCUT2D eigenvalue weighted by atomic mass is 10.1. The van der Waals surface area contributed by atoms with Crippen LogP contribution in [-0.2, 0) is 27.7 Å². The van der Waals surface area contributed by atoms with Crippen molar-refractivity contribution in [3.63, 3.8) is 0 Å². The van der Waals surface area contributed by atoms with Crippen LogP contribution >= 0.6 is 0 Å². The van der Waals surface area contributed by atoms with E-state index in [1.165, 1.54) is 14.1 Å². The number of nitrogens with one attached hydrogen (secondary N) is 1. The van der Waals surface area contributed by atoms with Crippen molar-refractivity contribution >= 4 is 21.6 Å². The highest BCUT2D eigenvalue weighted by Gasteiger charge is 2.26. The van der Waals surface area contributed by atoms with Gasteiger partial charge in [-0.25, -0.2) is 8.42 Å². The van der Waals surface area contributed by atoms with Gasteiger partial charge in [-0.05, 0) is 36.1 Å². The monoisotopic (exact) mass is 313 g/mol. The molecule has 1 rings (SSSR count). The van der Waals surface area contributed by atoms with Crippen molar-refractivity contribution in [3.8, 4) is 0 Å². The van der Waals surface area contributed by atoms with Crippen molar-refractivity contribution in [1.29, 1.82) is 0 Å². The first-order valence-corrected chi connectivity index (χ1v) is 8.30. The van der Waals surface area contributed by atoms with Crippen molar-refractivity contribution in [2.24, 2.45) is 0 Å². The number of nitrogens with two attached hydrogens (primary N) is 1. The molecular formula is C14H23N3O3S. The summed E-state index contributed by atoms with van der Waals surface area (Å²) in [5, 5.41) is 2.41. The number of hydrogen-bond acceptors (Lipinski definition) is 4. The third kappa shape index (κ3) is 3.74. The van der Waals surface area contributed by atoms with E-state index >= 15 is 0 Å². The molecule has 0 aromatic heterocycles. The van der Waals surface area contributed by atoms with E-state index in [2.05, 4.69) is 5.32 Å². The minimum Gasteiger partial charge on any atom is -0.398 e. The van der Waals surface area contributed by atoms with Gasteiger partial charge in [0.2, 0.25) is 15.9 Å². The molecule has 0 saturated carbocycles. The van der Waals surface area contributed by atoms with Gasteiger partial charge in [-0.15, -0.1) is 0 Å². The Balaban J connectivity index is 3.36. The van der Waals surface area contributed by atoms with Gasteiger partial charge in [-0.2, -0.15) is 4.31 Å². The van der Waals surface area contributed by atoms with Gasteiger partial charge in [0.15, 0.2) is 0 Å². The Morgan fingerprint density at radius 3 is 2.38 bits per heavy atom. The minimum atomic E-state index is -3.75. The van der Waals surface area contributed by atoms with E-state index in [0.29, 0.717) is 24.1 Å². The summed E-state index contributed by atoms with van der Waals surface area (Å²) in [6, 6.07) is 3.45. The topological polar surface area (TPSA) is 92.5 Å². The van der Waals surface area contributed by atoms with Gasteiger partial charge in [-0.3, -0.25) is 4.79 Å². The van der Waals surface area contributed by atoms with Gasteiger partial charge in [-0.1, -0.05) is 13.8 Å². The van der Waals surface area contributed by atoms with Gasteiger partial charge in [0.25, 0.3) is 0 Å². The molecule has 0 unspecified atom stereocenters. The molecule has 0 saturated heterocycles. The van der Waals surface area contributed by atoms with Crippen LogP contribution in [0, 0.1) is 0 Å². The summed E-state index contributed by atoms with van der Waals surface area (Å²) in [6.45, 7) is 3.57. The Kier molecular flexibility index (Phi) is 5.74. The van der Waals surface area contributed by atoms with Crippen LogP contribution in [0.1, 0.15) is 25.0 Å². The van der Waals surface area contributed by atoms with Gasteiger partial charge < -0.3 is 11.1 Å². The van der Waals surface area contributed by atoms with E-state index in [4.69, 9.17) is 5.73 Å². The number of carbonyl (C=O) groups is 1. The Morgan fingerprint density at radius 1 is 1.29 bits per heavy atom. The maximum absolute atomic E-state index is 12.7. The van der Waals surface area contributed by atoms with Gasteiger partial charge in [0.1, 0.15) is 0 Å². The lowest BCUT2D eigenvalue weighted by Crippen LogP contribution is -2.37. The van der Waals surface area contributed by atoms with Gasteiger partial charge >= 0.3 is 0 Å². The second-order valence-electron chi connectivity index (χ2n) is 4.80. The number of nitrogens with zero attached hydrogens (tertiary/aromatic N) is 1. The highest BCUT2D eigenvalue weighted by Crippen LogP contribution is 2.27. The predicted molar refractivity (Wildman–Crippen MR) is 83.5 cm³/mol. The van der Waals surface area contributed by atoms with Gasteiger partial charge in [0.05, 0.1) is 11.4 Å². The number of hydrogen-bond donors (Lipinski definition) is 2. The predicted octanol–water partition coefficient (Wildman–Crippen LogP) is 0.760. The van der Waals surface area contributed by atoms with Crippen LogP contribution in [0.2, 0.25) is 0 Å². The number of amides is 1. The van der Waals surface area contributed by atoms with Crippen LogP contribution in [0.3, 0.4) is 0 Å². The molecular weight excluding hydrogens is 290 g/mol. The highest BCUT2D eigenvalue weighted by molar-refractivity contribution is 7.89. The van der Waals surface area contributed by atoms with Crippen molar-refractivity contribution in [2.45, 2.75) is 31.6 Å². The van der Waals surface area contributed by atoms with Crippen molar-refractivity contribution in [2.75, 3.05) is 26.4 Å². The number of benzene rings is 1. The molecule has 0 heterocycles. The van der Waals surface area contributed by atoms with E-state index in [-0.39, 0.29) is 17.3 Å². The van der Waals surface area contributed by atoms with Crippen molar-refractivity contribution in [3.05, 3.63) is 23.3 Å². The zero-order valence-electron chi connectivity index (χ0n) is 12.9. The van der Waals surface area contributed by atoms with Crippen LogP contribution in [0.5, 0.6) is 0 Å². The molecule has 118 valence electrons. The normalized spacial score (nSPS) is 11.7. The van der Waals surface area contributed by atoms with Crippen LogP contribution in [0.15, 0.2) is 17.0 Å². The van der Waals surface area contributed by atoms with Crippen LogP contribution in [0.4, 0.5) is 5.69 Å². The molecule has 1 aromatic rings. The largest absolute Gasteiger partial charge is 0.398 e. The zero-order chi connectivity index (χ0) is 16.2. The first-order chi connectivity index (χ1) is 9.77. The molecule has 0 radical (unpaired) electrons. The lowest BCUT2D eigenvalue weighted by Gasteiger charge is -2.20. The summed E-state index contributed by atoms with van der Waals surface area (Å²) in [6.07, 6.45) is 1.20. The lowest BCUT2D eigenvalue weighted by molar-refractivity contribution is -0.120. The molecule has 0 spiro atoms. The van der Waals surface area contributed by atoms with E-state index in [9.17, 15) is 13.2 Å². The third-order valence-electron chi connectivity index (χ3n) is 3.40.